The molecule has 1 heterocycles. The van der Waals surface area contributed by atoms with E-state index in [0.717, 1.165) is 12.2 Å². The summed E-state index contributed by atoms with van der Waals surface area (Å²) in [4.78, 5) is 0. The first-order valence-corrected chi connectivity index (χ1v) is 7.90. The zero-order valence-electron chi connectivity index (χ0n) is 11.3. The number of thioether (sulfide) groups is 1. The summed E-state index contributed by atoms with van der Waals surface area (Å²) in [5.74, 6) is 3.60. The Morgan fingerprint density at radius 2 is 2.28 bits per heavy atom. The topological polar surface area (TPSA) is 21.3 Å². The zero-order chi connectivity index (χ0) is 12.8. The molecule has 3 heteroatoms. The summed E-state index contributed by atoms with van der Waals surface area (Å²) >= 11 is 2.07. The number of nitrogens with one attached hydrogen (secondary N) is 1. The van der Waals surface area contributed by atoms with Crippen LogP contribution in [0.2, 0.25) is 0 Å². The van der Waals surface area contributed by atoms with E-state index < -0.39 is 0 Å². The quantitative estimate of drug-likeness (QED) is 0.884. The van der Waals surface area contributed by atoms with Gasteiger partial charge in [-0.1, -0.05) is 18.2 Å². The third kappa shape index (κ3) is 3.92. The Balaban J connectivity index is 1.87. The molecular weight excluding hydrogens is 242 g/mol. The van der Waals surface area contributed by atoms with Crippen LogP contribution in [-0.4, -0.2) is 30.7 Å². The molecule has 1 N–H and O–H groups in total. The molecule has 0 spiro atoms. The van der Waals surface area contributed by atoms with Crippen molar-refractivity contribution in [1.29, 1.82) is 0 Å². The predicted octanol–water partition coefficient (Wildman–Crippen LogP) is 3.11. The summed E-state index contributed by atoms with van der Waals surface area (Å²) in [6.45, 7) is 2.27. The highest BCUT2D eigenvalue weighted by Crippen LogP contribution is 2.21. The van der Waals surface area contributed by atoms with Crippen LogP contribution in [0.4, 0.5) is 0 Å². The molecule has 1 aromatic carbocycles. The highest BCUT2D eigenvalue weighted by molar-refractivity contribution is 7.99. The molecule has 2 atom stereocenters. The van der Waals surface area contributed by atoms with Crippen molar-refractivity contribution in [2.45, 2.75) is 38.3 Å². The van der Waals surface area contributed by atoms with E-state index in [9.17, 15) is 0 Å². The Morgan fingerprint density at radius 1 is 1.44 bits per heavy atom. The lowest BCUT2D eigenvalue weighted by molar-refractivity contribution is 0.400. The summed E-state index contributed by atoms with van der Waals surface area (Å²) in [6, 6.07) is 9.50. The van der Waals surface area contributed by atoms with Gasteiger partial charge in [0.1, 0.15) is 5.75 Å². The average Bonchev–Trinajstić information content (AvgIpc) is 2.40. The fourth-order valence-electron chi connectivity index (χ4n) is 2.53. The van der Waals surface area contributed by atoms with Crippen molar-refractivity contribution >= 4 is 11.8 Å². The maximum atomic E-state index is 5.40. The molecule has 1 saturated heterocycles. The van der Waals surface area contributed by atoms with Gasteiger partial charge in [0.25, 0.3) is 0 Å². The second-order valence-electron chi connectivity index (χ2n) is 5.00. The maximum Gasteiger partial charge on any atom is 0.122 e. The standard InChI is InChI=1S/C15H23NOS/c1-12(16-14-7-5-9-18-11-14)10-13-6-3-4-8-15(13)17-2/h3-4,6,8,12,14,16H,5,7,9-11H2,1-2H3. The van der Waals surface area contributed by atoms with Gasteiger partial charge in [0.2, 0.25) is 0 Å². The van der Waals surface area contributed by atoms with Crippen LogP contribution >= 0.6 is 11.8 Å². The molecule has 1 aromatic rings. The van der Waals surface area contributed by atoms with Gasteiger partial charge < -0.3 is 10.1 Å². The molecule has 0 amide bonds. The van der Waals surface area contributed by atoms with Gasteiger partial charge in [0, 0.05) is 17.8 Å². The van der Waals surface area contributed by atoms with Gasteiger partial charge in [-0.15, -0.1) is 0 Å². The lowest BCUT2D eigenvalue weighted by Crippen LogP contribution is -2.40. The van der Waals surface area contributed by atoms with Gasteiger partial charge >= 0.3 is 0 Å². The molecule has 18 heavy (non-hydrogen) atoms. The van der Waals surface area contributed by atoms with Crippen molar-refractivity contribution in [2.24, 2.45) is 0 Å². The molecule has 1 aliphatic rings. The fraction of sp³-hybridized carbons (Fsp3) is 0.600. The number of hydrogen-bond acceptors (Lipinski definition) is 3. The van der Waals surface area contributed by atoms with E-state index in [4.69, 9.17) is 4.74 Å². The summed E-state index contributed by atoms with van der Waals surface area (Å²) in [5, 5.41) is 3.74. The fourth-order valence-corrected chi connectivity index (χ4v) is 3.62. The summed E-state index contributed by atoms with van der Waals surface area (Å²) in [5.41, 5.74) is 1.29. The van der Waals surface area contributed by atoms with Crippen LogP contribution in [0.5, 0.6) is 5.75 Å². The van der Waals surface area contributed by atoms with Gasteiger partial charge in [0.05, 0.1) is 7.11 Å². The lowest BCUT2D eigenvalue weighted by Gasteiger charge is -2.26. The van der Waals surface area contributed by atoms with Gasteiger partial charge in [-0.25, -0.2) is 0 Å². The number of rotatable bonds is 5. The molecule has 0 bridgehead atoms. The Kier molecular flexibility index (Phi) is 5.39. The predicted molar refractivity (Wildman–Crippen MR) is 79.6 cm³/mol. The number of hydrogen-bond donors (Lipinski definition) is 1. The molecule has 0 saturated carbocycles. The largest absolute Gasteiger partial charge is 0.496 e. The van der Waals surface area contributed by atoms with Gasteiger partial charge in [-0.2, -0.15) is 11.8 Å². The van der Waals surface area contributed by atoms with Crippen molar-refractivity contribution in [3.05, 3.63) is 29.8 Å². The van der Waals surface area contributed by atoms with Crippen LogP contribution in [0.15, 0.2) is 24.3 Å². The Bertz CT molecular complexity index is 363. The molecular formula is C15H23NOS. The van der Waals surface area contributed by atoms with Crippen LogP contribution in [0, 0.1) is 0 Å². The minimum Gasteiger partial charge on any atom is -0.496 e. The van der Waals surface area contributed by atoms with E-state index in [1.807, 2.05) is 12.1 Å². The highest BCUT2D eigenvalue weighted by atomic mass is 32.2. The van der Waals surface area contributed by atoms with Crippen molar-refractivity contribution in [2.75, 3.05) is 18.6 Å². The highest BCUT2D eigenvalue weighted by Gasteiger charge is 2.16. The van der Waals surface area contributed by atoms with E-state index in [2.05, 4.69) is 36.1 Å². The third-order valence-electron chi connectivity index (χ3n) is 3.40. The first kappa shape index (κ1) is 13.8. The maximum absolute atomic E-state index is 5.40. The van der Waals surface area contributed by atoms with Crippen molar-refractivity contribution in [1.82, 2.24) is 5.32 Å². The van der Waals surface area contributed by atoms with Crippen molar-refractivity contribution in [3.63, 3.8) is 0 Å². The summed E-state index contributed by atoms with van der Waals surface area (Å²) in [6.07, 6.45) is 3.71. The minimum atomic E-state index is 0.505. The minimum absolute atomic E-state index is 0.505. The average molecular weight is 265 g/mol. The first-order valence-electron chi connectivity index (χ1n) is 6.75. The van der Waals surface area contributed by atoms with Crippen LogP contribution < -0.4 is 10.1 Å². The molecule has 2 nitrogen and oxygen atoms in total. The van der Waals surface area contributed by atoms with E-state index in [1.54, 1.807) is 7.11 Å². The van der Waals surface area contributed by atoms with Crippen LogP contribution in [-0.2, 0) is 6.42 Å². The number of benzene rings is 1. The second-order valence-corrected chi connectivity index (χ2v) is 6.15. The molecule has 1 aliphatic heterocycles. The van der Waals surface area contributed by atoms with Gasteiger partial charge in [0.15, 0.2) is 0 Å². The van der Waals surface area contributed by atoms with E-state index >= 15 is 0 Å². The van der Waals surface area contributed by atoms with Crippen LogP contribution in [0.25, 0.3) is 0 Å². The lowest BCUT2D eigenvalue weighted by atomic mass is 10.0. The Hall–Kier alpha value is -0.670. The molecule has 0 aromatic heterocycles. The third-order valence-corrected chi connectivity index (χ3v) is 4.61. The zero-order valence-corrected chi connectivity index (χ0v) is 12.1. The van der Waals surface area contributed by atoms with E-state index in [-0.39, 0.29) is 0 Å². The summed E-state index contributed by atoms with van der Waals surface area (Å²) < 4.78 is 5.40. The molecule has 2 unspecified atom stereocenters. The molecule has 1 fully saturated rings. The van der Waals surface area contributed by atoms with Crippen molar-refractivity contribution in [3.8, 4) is 5.75 Å². The molecule has 100 valence electrons. The number of ether oxygens (including phenoxy) is 1. The van der Waals surface area contributed by atoms with Crippen molar-refractivity contribution < 1.29 is 4.74 Å². The summed E-state index contributed by atoms with van der Waals surface area (Å²) in [7, 11) is 1.74. The van der Waals surface area contributed by atoms with E-state index in [0.29, 0.717) is 12.1 Å². The van der Waals surface area contributed by atoms with Crippen LogP contribution in [0.1, 0.15) is 25.3 Å². The normalized spacial score (nSPS) is 21.6. The number of para-hydroxylation sites is 1. The monoisotopic (exact) mass is 265 g/mol. The van der Waals surface area contributed by atoms with Crippen LogP contribution in [0.3, 0.4) is 0 Å². The number of methoxy groups -OCH3 is 1. The van der Waals surface area contributed by atoms with Gasteiger partial charge in [-0.3, -0.25) is 0 Å². The molecule has 0 aliphatic carbocycles. The second kappa shape index (κ2) is 7.05. The Morgan fingerprint density at radius 3 is 3.00 bits per heavy atom. The first-order chi connectivity index (χ1) is 8.79. The molecule has 0 radical (unpaired) electrons. The van der Waals surface area contributed by atoms with Gasteiger partial charge in [-0.05, 0) is 43.6 Å². The smallest absolute Gasteiger partial charge is 0.122 e. The molecule has 2 rings (SSSR count). The SMILES string of the molecule is COc1ccccc1CC(C)NC1CCCSC1. The van der Waals surface area contributed by atoms with E-state index in [1.165, 1.54) is 29.9 Å². The Labute approximate surface area is 114 Å².